The van der Waals surface area contributed by atoms with Crippen LogP contribution in [0.15, 0.2) is 0 Å². The van der Waals surface area contributed by atoms with Crippen LogP contribution < -0.4 is 11.1 Å². The molecule has 0 aromatic rings. The van der Waals surface area contributed by atoms with Gasteiger partial charge in [0.25, 0.3) is 0 Å². The number of unbranched alkanes of at least 4 members (excludes halogenated alkanes) is 2. The molecule has 0 saturated heterocycles. The number of nitrogens with two attached hydrogens (primary N) is 1. The van der Waals surface area contributed by atoms with E-state index in [2.05, 4.69) is 12.2 Å². The Balaban J connectivity index is 3.10. The largest absolute Gasteiger partial charge is 0.372 e. The Labute approximate surface area is 86.2 Å². The molecule has 84 valence electrons. The minimum atomic E-state index is -0.0463. The standard InChI is InChI=1S/C10H22N2O2/c1-2-3-4-8-14-9-10(13)12-7-5-6-11/h2-9,11H2,1H3,(H,12,13). The highest BCUT2D eigenvalue weighted by Gasteiger charge is 1.99. The number of carbonyl (C=O) groups excluding carboxylic acids is 1. The molecule has 0 unspecified atom stereocenters. The third kappa shape index (κ3) is 9.48. The SMILES string of the molecule is CCCCCOCC(=O)NCCCN. The molecule has 0 rings (SSSR count). The number of nitrogens with one attached hydrogen (secondary N) is 1. The molecule has 14 heavy (non-hydrogen) atoms. The van der Waals surface area contributed by atoms with E-state index in [1.807, 2.05) is 0 Å². The molecule has 1 amide bonds. The zero-order valence-electron chi connectivity index (χ0n) is 9.05. The lowest BCUT2D eigenvalue weighted by molar-refractivity contribution is -0.125. The first-order valence-corrected chi connectivity index (χ1v) is 5.35. The third-order valence-electron chi connectivity index (χ3n) is 1.83. The van der Waals surface area contributed by atoms with E-state index >= 15 is 0 Å². The second-order valence-electron chi connectivity index (χ2n) is 3.25. The van der Waals surface area contributed by atoms with Gasteiger partial charge >= 0.3 is 0 Å². The quantitative estimate of drug-likeness (QED) is 0.540. The smallest absolute Gasteiger partial charge is 0.245 e. The van der Waals surface area contributed by atoms with E-state index < -0.39 is 0 Å². The fourth-order valence-electron chi connectivity index (χ4n) is 1.000. The lowest BCUT2D eigenvalue weighted by Gasteiger charge is -2.05. The van der Waals surface area contributed by atoms with E-state index in [9.17, 15) is 4.79 Å². The van der Waals surface area contributed by atoms with E-state index in [1.54, 1.807) is 0 Å². The number of carbonyl (C=O) groups is 1. The van der Waals surface area contributed by atoms with Crippen LogP contribution in [-0.4, -0.2) is 32.2 Å². The molecule has 0 saturated carbocycles. The van der Waals surface area contributed by atoms with E-state index in [0.29, 0.717) is 19.7 Å². The van der Waals surface area contributed by atoms with E-state index in [0.717, 1.165) is 19.3 Å². The molecule has 0 fully saturated rings. The summed E-state index contributed by atoms with van der Waals surface area (Å²) in [7, 11) is 0. The Morgan fingerprint density at radius 2 is 2.14 bits per heavy atom. The highest BCUT2D eigenvalue weighted by atomic mass is 16.5. The van der Waals surface area contributed by atoms with Crippen LogP contribution in [0, 0.1) is 0 Å². The number of hydrogen-bond donors (Lipinski definition) is 2. The molecule has 4 heteroatoms. The van der Waals surface area contributed by atoms with Crippen molar-refractivity contribution in [2.75, 3.05) is 26.3 Å². The predicted octanol–water partition coefficient (Wildman–Crippen LogP) is 0.658. The van der Waals surface area contributed by atoms with Crippen LogP contribution in [0.3, 0.4) is 0 Å². The van der Waals surface area contributed by atoms with Gasteiger partial charge in [0.05, 0.1) is 0 Å². The fourth-order valence-corrected chi connectivity index (χ4v) is 1.000. The molecule has 0 aromatic heterocycles. The van der Waals surface area contributed by atoms with Crippen molar-refractivity contribution in [2.24, 2.45) is 5.73 Å². The Hall–Kier alpha value is -0.610. The second kappa shape index (κ2) is 10.5. The molecule has 0 atom stereocenters. The van der Waals surface area contributed by atoms with Crippen molar-refractivity contribution < 1.29 is 9.53 Å². The summed E-state index contributed by atoms with van der Waals surface area (Å²) in [6, 6.07) is 0. The Morgan fingerprint density at radius 1 is 1.36 bits per heavy atom. The summed E-state index contributed by atoms with van der Waals surface area (Å²) < 4.78 is 5.18. The molecule has 0 spiro atoms. The molecule has 4 nitrogen and oxygen atoms in total. The van der Waals surface area contributed by atoms with Crippen LogP contribution in [0.5, 0.6) is 0 Å². The van der Waals surface area contributed by atoms with Gasteiger partial charge < -0.3 is 15.8 Å². The van der Waals surface area contributed by atoms with Crippen LogP contribution in [0.4, 0.5) is 0 Å². The average molecular weight is 202 g/mol. The lowest BCUT2D eigenvalue weighted by atomic mass is 10.3. The molecular formula is C10H22N2O2. The summed E-state index contributed by atoms with van der Waals surface area (Å²) in [6.07, 6.45) is 4.19. The highest BCUT2D eigenvalue weighted by Crippen LogP contribution is 1.93. The van der Waals surface area contributed by atoms with Crippen molar-refractivity contribution in [1.82, 2.24) is 5.32 Å². The maximum Gasteiger partial charge on any atom is 0.245 e. The van der Waals surface area contributed by atoms with Gasteiger partial charge in [0, 0.05) is 13.2 Å². The summed E-state index contributed by atoms with van der Waals surface area (Å²) in [5.41, 5.74) is 5.29. The topological polar surface area (TPSA) is 64.3 Å². The van der Waals surface area contributed by atoms with Crippen LogP contribution in [0.1, 0.15) is 32.6 Å². The molecule has 0 radical (unpaired) electrons. The maximum absolute atomic E-state index is 11.1. The summed E-state index contributed by atoms with van der Waals surface area (Å²) >= 11 is 0. The van der Waals surface area contributed by atoms with Crippen molar-refractivity contribution in [3.63, 3.8) is 0 Å². The zero-order chi connectivity index (χ0) is 10.6. The predicted molar refractivity (Wildman–Crippen MR) is 57.0 cm³/mol. The van der Waals surface area contributed by atoms with Crippen molar-refractivity contribution in [1.29, 1.82) is 0 Å². The minimum Gasteiger partial charge on any atom is -0.372 e. The summed E-state index contributed by atoms with van der Waals surface area (Å²) in [6.45, 7) is 4.25. The molecule has 0 aromatic carbocycles. The van der Waals surface area contributed by atoms with E-state index in [-0.39, 0.29) is 12.5 Å². The fraction of sp³-hybridized carbons (Fsp3) is 0.900. The summed E-state index contributed by atoms with van der Waals surface area (Å²) in [5, 5.41) is 2.73. The van der Waals surface area contributed by atoms with Gasteiger partial charge in [-0.2, -0.15) is 0 Å². The maximum atomic E-state index is 11.1. The molecule has 0 bridgehead atoms. The van der Waals surface area contributed by atoms with Gasteiger partial charge in [0.2, 0.25) is 5.91 Å². The number of amides is 1. The van der Waals surface area contributed by atoms with Gasteiger partial charge in [0.1, 0.15) is 6.61 Å². The lowest BCUT2D eigenvalue weighted by Crippen LogP contribution is -2.29. The van der Waals surface area contributed by atoms with Gasteiger partial charge in [-0.15, -0.1) is 0 Å². The van der Waals surface area contributed by atoms with Gasteiger partial charge in [-0.1, -0.05) is 19.8 Å². The monoisotopic (exact) mass is 202 g/mol. The van der Waals surface area contributed by atoms with Crippen LogP contribution in [-0.2, 0) is 9.53 Å². The molecule has 3 N–H and O–H groups in total. The van der Waals surface area contributed by atoms with Crippen molar-refractivity contribution in [2.45, 2.75) is 32.6 Å². The first-order chi connectivity index (χ1) is 6.81. The number of hydrogen-bond acceptors (Lipinski definition) is 3. The Kier molecular flexibility index (Phi) is 10.0. The van der Waals surface area contributed by atoms with Crippen molar-refractivity contribution in [3.8, 4) is 0 Å². The number of ether oxygens (including phenoxy) is 1. The third-order valence-corrected chi connectivity index (χ3v) is 1.83. The number of rotatable bonds is 9. The summed E-state index contributed by atoms with van der Waals surface area (Å²) in [5.74, 6) is -0.0463. The van der Waals surface area contributed by atoms with Crippen LogP contribution in [0.25, 0.3) is 0 Å². The second-order valence-corrected chi connectivity index (χ2v) is 3.25. The first-order valence-electron chi connectivity index (χ1n) is 5.35. The molecule has 0 aliphatic rings. The molecular weight excluding hydrogens is 180 g/mol. The van der Waals surface area contributed by atoms with Gasteiger partial charge in [-0.25, -0.2) is 0 Å². The van der Waals surface area contributed by atoms with Gasteiger partial charge in [0.15, 0.2) is 0 Å². The highest BCUT2D eigenvalue weighted by molar-refractivity contribution is 5.77. The Bertz CT molecular complexity index is 140. The first kappa shape index (κ1) is 13.4. The Morgan fingerprint density at radius 3 is 2.79 bits per heavy atom. The van der Waals surface area contributed by atoms with E-state index in [4.69, 9.17) is 10.5 Å². The van der Waals surface area contributed by atoms with E-state index in [1.165, 1.54) is 6.42 Å². The van der Waals surface area contributed by atoms with Crippen LogP contribution >= 0.6 is 0 Å². The zero-order valence-corrected chi connectivity index (χ0v) is 9.05. The minimum absolute atomic E-state index is 0.0463. The molecule has 0 aliphatic carbocycles. The van der Waals surface area contributed by atoms with Gasteiger partial charge in [-0.3, -0.25) is 4.79 Å². The van der Waals surface area contributed by atoms with Gasteiger partial charge in [-0.05, 0) is 19.4 Å². The molecule has 0 aliphatic heterocycles. The molecule has 0 heterocycles. The summed E-state index contributed by atoms with van der Waals surface area (Å²) in [4.78, 5) is 11.1. The average Bonchev–Trinajstić information content (AvgIpc) is 2.18. The van der Waals surface area contributed by atoms with Crippen LogP contribution in [0.2, 0.25) is 0 Å². The van der Waals surface area contributed by atoms with Crippen molar-refractivity contribution >= 4 is 5.91 Å². The normalized spacial score (nSPS) is 10.1. The van der Waals surface area contributed by atoms with Crippen molar-refractivity contribution in [3.05, 3.63) is 0 Å².